The number of carbonyl (C=O) groups is 1. The van der Waals surface area contributed by atoms with Crippen molar-refractivity contribution >= 4 is 38.1 Å². The van der Waals surface area contributed by atoms with Gasteiger partial charge in [0.2, 0.25) is 10.0 Å². The van der Waals surface area contributed by atoms with Crippen LogP contribution in [-0.4, -0.2) is 38.4 Å². The van der Waals surface area contributed by atoms with Crippen molar-refractivity contribution in [3.05, 3.63) is 90.1 Å². The second kappa shape index (κ2) is 8.89. The maximum absolute atomic E-state index is 13.0. The van der Waals surface area contributed by atoms with Crippen LogP contribution in [0.1, 0.15) is 15.9 Å². The third-order valence-corrected chi connectivity index (χ3v) is 7.55. The minimum atomic E-state index is -3.41. The van der Waals surface area contributed by atoms with Crippen molar-refractivity contribution in [1.29, 1.82) is 0 Å². The van der Waals surface area contributed by atoms with Gasteiger partial charge in [0, 0.05) is 28.4 Å². The highest BCUT2D eigenvalue weighted by atomic mass is 32.2. The Kier molecular flexibility index (Phi) is 5.77. The lowest BCUT2D eigenvalue weighted by Gasteiger charge is -2.28. The van der Waals surface area contributed by atoms with Crippen molar-refractivity contribution in [3.63, 3.8) is 0 Å². The van der Waals surface area contributed by atoms with Crippen molar-refractivity contribution in [2.75, 3.05) is 28.7 Å². The number of hydrogen-bond donors (Lipinski definition) is 1. The van der Waals surface area contributed by atoms with Gasteiger partial charge in [0.1, 0.15) is 6.73 Å². The normalized spacial score (nSPS) is 15.3. The Morgan fingerprint density at radius 3 is 2.62 bits per heavy atom. The lowest BCUT2D eigenvalue weighted by Crippen LogP contribution is -2.41. The molecule has 1 N–H and O–H groups in total. The molecule has 3 aromatic carbocycles. The zero-order valence-electron chi connectivity index (χ0n) is 18.6. The van der Waals surface area contributed by atoms with Crippen LogP contribution in [-0.2, 0) is 14.8 Å². The molecule has 1 saturated heterocycles. The van der Waals surface area contributed by atoms with E-state index in [2.05, 4.69) is 10.3 Å². The molecule has 0 spiro atoms. The van der Waals surface area contributed by atoms with Gasteiger partial charge in [-0.25, -0.2) is 12.7 Å². The summed E-state index contributed by atoms with van der Waals surface area (Å²) in [5.74, 6) is -0.341. The zero-order chi connectivity index (χ0) is 23.7. The first kappa shape index (κ1) is 22.1. The van der Waals surface area contributed by atoms with Gasteiger partial charge >= 0.3 is 0 Å². The van der Waals surface area contributed by atoms with E-state index in [9.17, 15) is 13.2 Å². The molecule has 1 aliphatic heterocycles. The highest BCUT2D eigenvalue weighted by Gasteiger charge is 2.26. The summed E-state index contributed by atoms with van der Waals surface area (Å²) >= 11 is 0. The van der Waals surface area contributed by atoms with Gasteiger partial charge in [-0.1, -0.05) is 36.4 Å². The number of benzene rings is 3. The van der Waals surface area contributed by atoms with E-state index in [1.165, 1.54) is 4.31 Å². The van der Waals surface area contributed by atoms with Crippen LogP contribution >= 0.6 is 0 Å². The van der Waals surface area contributed by atoms with Gasteiger partial charge in [-0.05, 0) is 54.3 Å². The summed E-state index contributed by atoms with van der Waals surface area (Å²) in [5, 5.41) is 5.11. The van der Waals surface area contributed by atoms with Crippen LogP contribution in [0.3, 0.4) is 0 Å². The monoisotopic (exact) mass is 473 g/mol. The minimum absolute atomic E-state index is 0.0257. The molecular weight excluding hydrogens is 450 g/mol. The van der Waals surface area contributed by atoms with E-state index in [0.717, 1.165) is 27.6 Å². The number of rotatable bonds is 4. The Labute approximate surface area is 198 Å². The van der Waals surface area contributed by atoms with Crippen LogP contribution in [0, 0.1) is 6.92 Å². The lowest BCUT2D eigenvalue weighted by atomic mass is 10.0. The number of pyridine rings is 1. The fourth-order valence-electron chi connectivity index (χ4n) is 3.96. The molecule has 1 fully saturated rings. The number of hydrogen-bond acceptors (Lipinski definition) is 5. The summed E-state index contributed by atoms with van der Waals surface area (Å²) in [4.78, 5) is 17.5. The highest BCUT2D eigenvalue weighted by molar-refractivity contribution is 7.92. The first-order chi connectivity index (χ1) is 16.4. The van der Waals surface area contributed by atoms with Gasteiger partial charge < -0.3 is 10.1 Å². The number of nitrogens with zero attached hydrogens (tertiary/aromatic N) is 2. The zero-order valence-corrected chi connectivity index (χ0v) is 19.4. The van der Waals surface area contributed by atoms with E-state index in [1.54, 1.807) is 30.5 Å². The third-order valence-electron chi connectivity index (χ3n) is 5.88. The second-order valence-corrected chi connectivity index (χ2v) is 10.1. The molecule has 0 atom stereocenters. The smallest absolute Gasteiger partial charge is 0.255 e. The molecule has 7 nitrogen and oxygen atoms in total. The molecule has 0 unspecified atom stereocenters. The van der Waals surface area contributed by atoms with Gasteiger partial charge in [-0.15, -0.1) is 0 Å². The Bertz CT molecular complexity index is 1480. The topological polar surface area (TPSA) is 88.6 Å². The highest BCUT2D eigenvalue weighted by Crippen LogP contribution is 2.30. The first-order valence-corrected chi connectivity index (χ1v) is 12.5. The standard InChI is InChI=1S/C26H23N3O4S/c1-18-6-7-21(25-23-5-3-2-4-19(23)12-13-27-25)16-24(18)28-26(30)20-8-10-22(11-9-20)29-17-33-14-15-34(29,31)32/h2-13,16H,14-15,17H2,1H3,(H,28,30). The van der Waals surface area contributed by atoms with E-state index < -0.39 is 10.0 Å². The summed E-state index contributed by atoms with van der Waals surface area (Å²) in [7, 11) is -3.41. The molecule has 1 aromatic heterocycles. The number of amides is 1. The average Bonchev–Trinajstić information content (AvgIpc) is 2.85. The number of ether oxygens (including phenoxy) is 1. The van der Waals surface area contributed by atoms with Gasteiger partial charge in [-0.3, -0.25) is 9.78 Å². The largest absolute Gasteiger partial charge is 0.359 e. The Morgan fingerprint density at radius 2 is 1.82 bits per heavy atom. The van der Waals surface area contributed by atoms with Crippen LogP contribution in [0.4, 0.5) is 11.4 Å². The van der Waals surface area contributed by atoms with Gasteiger partial charge in [0.25, 0.3) is 5.91 Å². The van der Waals surface area contributed by atoms with E-state index >= 15 is 0 Å². The molecule has 172 valence electrons. The van der Waals surface area contributed by atoms with Crippen molar-refractivity contribution in [3.8, 4) is 11.3 Å². The van der Waals surface area contributed by atoms with Crippen LogP contribution in [0.25, 0.3) is 22.0 Å². The average molecular weight is 474 g/mol. The summed E-state index contributed by atoms with van der Waals surface area (Å²) in [6.45, 7) is 2.09. The number of aryl methyl sites for hydroxylation is 1. The summed E-state index contributed by atoms with van der Waals surface area (Å²) in [5.41, 5.74) is 4.26. The Hall–Kier alpha value is -3.75. The van der Waals surface area contributed by atoms with Crippen LogP contribution in [0.2, 0.25) is 0 Å². The molecule has 8 heteroatoms. The summed E-state index contributed by atoms with van der Waals surface area (Å²) in [6.07, 6.45) is 1.78. The number of aromatic nitrogens is 1. The molecule has 5 rings (SSSR count). The maximum Gasteiger partial charge on any atom is 0.255 e. The van der Waals surface area contributed by atoms with Gasteiger partial charge in [-0.2, -0.15) is 0 Å². The van der Waals surface area contributed by atoms with Crippen molar-refractivity contribution in [1.82, 2.24) is 4.98 Å². The Balaban J connectivity index is 1.40. The SMILES string of the molecule is Cc1ccc(-c2nccc3ccccc23)cc1NC(=O)c1ccc(N2COCCS2(=O)=O)cc1. The molecular formula is C26H23N3O4S. The number of nitrogens with one attached hydrogen (secondary N) is 1. The van der Waals surface area contributed by atoms with Crippen LogP contribution in [0.5, 0.6) is 0 Å². The summed E-state index contributed by atoms with van der Waals surface area (Å²) in [6, 6.07) is 22.4. The fraction of sp³-hybridized carbons (Fsp3) is 0.154. The minimum Gasteiger partial charge on any atom is -0.359 e. The molecule has 0 saturated carbocycles. The first-order valence-electron chi connectivity index (χ1n) is 10.9. The Morgan fingerprint density at radius 1 is 1.03 bits per heavy atom. The predicted octanol–water partition coefficient (Wildman–Crippen LogP) is 4.59. The number of fused-ring (bicyclic) bond motifs is 1. The molecule has 0 bridgehead atoms. The molecule has 34 heavy (non-hydrogen) atoms. The third kappa shape index (κ3) is 4.25. The molecule has 1 amide bonds. The quantitative estimate of drug-likeness (QED) is 0.469. The van der Waals surface area contributed by atoms with Gasteiger partial charge in [0.15, 0.2) is 0 Å². The summed E-state index contributed by atoms with van der Waals surface area (Å²) < 4.78 is 31.0. The molecule has 0 aliphatic carbocycles. The van der Waals surface area contributed by atoms with E-state index in [1.807, 2.05) is 55.5 Å². The number of anilines is 2. The number of sulfonamides is 1. The van der Waals surface area contributed by atoms with Gasteiger partial charge in [0.05, 0.1) is 23.7 Å². The van der Waals surface area contributed by atoms with Crippen LogP contribution in [0.15, 0.2) is 79.0 Å². The van der Waals surface area contributed by atoms with Crippen molar-refractivity contribution in [2.45, 2.75) is 6.92 Å². The molecule has 1 aliphatic rings. The molecule has 0 radical (unpaired) electrons. The number of carbonyl (C=O) groups excluding carboxylic acids is 1. The van der Waals surface area contributed by atoms with Crippen LogP contribution < -0.4 is 9.62 Å². The molecule has 2 heterocycles. The van der Waals surface area contributed by atoms with E-state index in [4.69, 9.17) is 4.74 Å². The predicted molar refractivity (Wildman–Crippen MR) is 133 cm³/mol. The van der Waals surface area contributed by atoms with Crippen molar-refractivity contribution in [2.24, 2.45) is 0 Å². The maximum atomic E-state index is 13.0. The lowest BCUT2D eigenvalue weighted by molar-refractivity contribution is 0.102. The van der Waals surface area contributed by atoms with E-state index in [-0.39, 0.29) is 25.0 Å². The molecule has 4 aromatic rings. The van der Waals surface area contributed by atoms with E-state index in [0.29, 0.717) is 16.9 Å². The fourth-order valence-corrected chi connectivity index (χ4v) is 5.19. The second-order valence-electron chi connectivity index (χ2n) is 8.11. The van der Waals surface area contributed by atoms with Crippen molar-refractivity contribution < 1.29 is 17.9 Å².